The topological polar surface area (TPSA) is 26.3 Å². The molecule has 0 aromatic heterocycles. The van der Waals surface area contributed by atoms with Crippen LogP contribution in [-0.4, -0.2) is 10.3 Å². The number of halogens is 1. The first-order chi connectivity index (χ1) is 7.49. The maximum Gasteiger partial charge on any atom is 0.338 e. The third-order valence-corrected chi connectivity index (χ3v) is 2.10. The van der Waals surface area contributed by atoms with E-state index in [2.05, 4.69) is 6.58 Å². The molecule has 0 radical (unpaired) electrons. The van der Waals surface area contributed by atoms with Crippen LogP contribution >= 0.6 is 23.8 Å². The molecule has 0 unspecified atom stereocenters. The van der Waals surface area contributed by atoms with Gasteiger partial charge in [0, 0.05) is 12.0 Å². The molecular formula is C12H11ClO2S. The van der Waals surface area contributed by atoms with Gasteiger partial charge in [-0.3, -0.25) is 0 Å². The van der Waals surface area contributed by atoms with Gasteiger partial charge in [0.05, 0.1) is 4.32 Å². The number of hydrogen-bond acceptors (Lipinski definition) is 3. The fourth-order valence-corrected chi connectivity index (χ4v) is 1.35. The monoisotopic (exact) mass is 254 g/mol. The molecule has 1 aromatic carbocycles. The van der Waals surface area contributed by atoms with Crippen LogP contribution in [0, 0.1) is 0 Å². The molecule has 0 heterocycles. The molecule has 0 aliphatic rings. The first kappa shape index (κ1) is 12.9. The summed E-state index contributed by atoms with van der Waals surface area (Å²) >= 11 is 10.4. The van der Waals surface area contributed by atoms with Gasteiger partial charge in [-0.05, 0) is 24.6 Å². The number of esters is 1. The molecule has 0 bridgehead atoms. The normalized spacial score (nSPS) is 9.62. The summed E-state index contributed by atoms with van der Waals surface area (Å²) in [5.41, 5.74) is 1.35. The lowest BCUT2D eigenvalue weighted by atomic mass is 10.2. The maximum absolute atomic E-state index is 11.2. The second-order valence-electron chi connectivity index (χ2n) is 3.35. The number of rotatable bonds is 4. The van der Waals surface area contributed by atoms with E-state index in [9.17, 15) is 4.79 Å². The van der Waals surface area contributed by atoms with Gasteiger partial charge in [-0.15, -0.1) is 0 Å². The van der Waals surface area contributed by atoms with E-state index < -0.39 is 5.97 Å². The van der Waals surface area contributed by atoms with E-state index in [0.29, 0.717) is 22.1 Å². The second-order valence-corrected chi connectivity index (χ2v) is 4.52. The van der Waals surface area contributed by atoms with E-state index in [4.69, 9.17) is 28.6 Å². The molecule has 0 N–H and O–H groups in total. The van der Waals surface area contributed by atoms with Crippen molar-refractivity contribution in [3.8, 4) is 5.75 Å². The summed E-state index contributed by atoms with van der Waals surface area (Å²) in [5, 5.41) is 0. The largest absolute Gasteiger partial charge is 0.423 e. The Morgan fingerprint density at radius 1 is 1.44 bits per heavy atom. The standard InChI is InChI=1S/C12H11ClO2S/c1-8(2)12(14)15-10-5-3-9(4-6-10)7-11(13)16/h3-6H,1,7H2,2H3. The van der Waals surface area contributed by atoms with Crippen molar-refractivity contribution >= 4 is 34.1 Å². The zero-order chi connectivity index (χ0) is 12.1. The van der Waals surface area contributed by atoms with E-state index in [1.165, 1.54) is 0 Å². The van der Waals surface area contributed by atoms with Crippen molar-refractivity contribution in [2.24, 2.45) is 0 Å². The van der Waals surface area contributed by atoms with Gasteiger partial charge < -0.3 is 4.74 Å². The van der Waals surface area contributed by atoms with Crippen LogP contribution in [0.1, 0.15) is 12.5 Å². The highest BCUT2D eigenvalue weighted by Crippen LogP contribution is 2.14. The van der Waals surface area contributed by atoms with E-state index in [-0.39, 0.29) is 0 Å². The molecule has 2 nitrogen and oxygen atoms in total. The van der Waals surface area contributed by atoms with Gasteiger partial charge in [-0.25, -0.2) is 4.79 Å². The van der Waals surface area contributed by atoms with Crippen molar-refractivity contribution in [2.75, 3.05) is 0 Å². The summed E-state index contributed by atoms with van der Waals surface area (Å²) in [6.07, 6.45) is 0.533. The molecule has 1 aromatic rings. The van der Waals surface area contributed by atoms with Crippen LogP contribution < -0.4 is 4.74 Å². The molecule has 84 valence electrons. The Balaban J connectivity index is 2.68. The van der Waals surface area contributed by atoms with Crippen molar-refractivity contribution in [3.05, 3.63) is 42.0 Å². The van der Waals surface area contributed by atoms with Crippen LogP contribution in [0.5, 0.6) is 5.75 Å². The lowest BCUT2D eigenvalue weighted by Crippen LogP contribution is -2.08. The van der Waals surface area contributed by atoms with Crippen molar-refractivity contribution in [3.63, 3.8) is 0 Å². The number of ether oxygens (including phenoxy) is 1. The van der Waals surface area contributed by atoms with Crippen LogP contribution in [0.15, 0.2) is 36.4 Å². The average Bonchev–Trinajstić information content (AvgIpc) is 2.20. The van der Waals surface area contributed by atoms with Gasteiger partial charge in [0.2, 0.25) is 0 Å². The first-order valence-electron chi connectivity index (χ1n) is 4.64. The Kier molecular flexibility index (Phi) is 4.65. The molecule has 16 heavy (non-hydrogen) atoms. The molecule has 0 fully saturated rings. The SMILES string of the molecule is C=C(C)C(=O)Oc1ccc(CC(=S)Cl)cc1. The van der Waals surface area contributed by atoms with Crippen molar-refractivity contribution in [2.45, 2.75) is 13.3 Å². The lowest BCUT2D eigenvalue weighted by molar-refractivity contribution is -0.130. The quantitative estimate of drug-likeness (QED) is 0.271. The van der Waals surface area contributed by atoms with Crippen LogP contribution in [0.4, 0.5) is 0 Å². The number of carbonyl (C=O) groups is 1. The molecule has 0 aliphatic heterocycles. The van der Waals surface area contributed by atoms with Crippen molar-refractivity contribution in [1.29, 1.82) is 0 Å². The number of carbonyl (C=O) groups excluding carboxylic acids is 1. The molecule has 0 saturated heterocycles. The van der Waals surface area contributed by atoms with Gasteiger partial charge in [0.1, 0.15) is 5.75 Å². The molecular weight excluding hydrogens is 244 g/mol. The summed E-state index contributed by atoms with van der Waals surface area (Å²) < 4.78 is 5.44. The molecule has 0 atom stereocenters. The zero-order valence-corrected chi connectivity index (χ0v) is 10.4. The Morgan fingerprint density at radius 2 is 2.00 bits per heavy atom. The predicted octanol–water partition coefficient (Wildman–Crippen LogP) is 3.28. The lowest BCUT2D eigenvalue weighted by Gasteiger charge is -2.04. The summed E-state index contributed by atoms with van der Waals surface area (Å²) in [4.78, 5) is 11.2. The summed E-state index contributed by atoms with van der Waals surface area (Å²) in [7, 11) is 0. The molecule has 0 aliphatic carbocycles. The summed E-state index contributed by atoms with van der Waals surface area (Å²) in [5.74, 6) is 0.0536. The zero-order valence-electron chi connectivity index (χ0n) is 8.83. The average molecular weight is 255 g/mol. The second kappa shape index (κ2) is 5.77. The van der Waals surface area contributed by atoms with Crippen LogP contribution in [-0.2, 0) is 11.2 Å². The fourth-order valence-electron chi connectivity index (χ4n) is 1.03. The van der Waals surface area contributed by atoms with Gasteiger partial charge in [-0.1, -0.05) is 42.5 Å². The highest BCUT2D eigenvalue weighted by Gasteiger charge is 2.05. The highest BCUT2D eigenvalue weighted by atomic mass is 35.5. The maximum atomic E-state index is 11.2. The minimum Gasteiger partial charge on any atom is -0.423 e. The smallest absolute Gasteiger partial charge is 0.338 e. The van der Waals surface area contributed by atoms with Crippen LogP contribution in [0.3, 0.4) is 0 Å². The van der Waals surface area contributed by atoms with E-state index >= 15 is 0 Å². The van der Waals surface area contributed by atoms with Crippen LogP contribution in [0.25, 0.3) is 0 Å². The van der Waals surface area contributed by atoms with E-state index in [1.54, 1.807) is 19.1 Å². The third kappa shape index (κ3) is 4.13. The summed E-state index contributed by atoms with van der Waals surface area (Å²) in [6.45, 7) is 5.10. The minimum atomic E-state index is -0.430. The number of hydrogen-bond donors (Lipinski definition) is 0. The Hall–Kier alpha value is -1.19. The van der Waals surface area contributed by atoms with Gasteiger partial charge in [-0.2, -0.15) is 0 Å². The minimum absolute atomic E-state index is 0.367. The number of benzene rings is 1. The number of thiocarbonyl (C=S) groups is 1. The summed E-state index contributed by atoms with van der Waals surface area (Å²) in [6, 6.07) is 7.03. The Bertz CT molecular complexity index is 423. The van der Waals surface area contributed by atoms with Gasteiger partial charge in [0.25, 0.3) is 0 Å². The molecule has 0 amide bonds. The van der Waals surface area contributed by atoms with E-state index in [1.807, 2.05) is 12.1 Å². The molecule has 4 heteroatoms. The molecule has 1 rings (SSSR count). The molecule has 0 saturated carbocycles. The first-order valence-corrected chi connectivity index (χ1v) is 5.42. The highest BCUT2D eigenvalue weighted by molar-refractivity contribution is 7.83. The van der Waals surface area contributed by atoms with Gasteiger partial charge >= 0.3 is 5.97 Å². The van der Waals surface area contributed by atoms with Gasteiger partial charge in [0.15, 0.2) is 0 Å². The van der Waals surface area contributed by atoms with Crippen molar-refractivity contribution in [1.82, 2.24) is 0 Å². The van der Waals surface area contributed by atoms with Crippen molar-refractivity contribution < 1.29 is 9.53 Å². The van der Waals surface area contributed by atoms with Crippen LogP contribution in [0.2, 0.25) is 0 Å². The Morgan fingerprint density at radius 3 is 2.44 bits per heavy atom. The van der Waals surface area contributed by atoms with E-state index in [0.717, 1.165) is 5.56 Å². The fraction of sp³-hybridized carbons (Fsp3) is 0.167. The predicted molar refractivity (Wildman–Crippen MR) is 69.0 cm³/mol. The molecule has 0 spiro atoms. The third-order valence-electron chi connectivity index (χ3n) is 1.83. The Labute approximate surface area is 105 Å².